The van der Waals surface area contributed by atoms with Crippen LogP contribution in [-0.4, -0.2) is 8.76 Å². The highest BCUT2D eigenvalue weighted by Crippen LogP contribution is 2.33. The van der Waals surface area contributed by atoms with E-state index in [0.717, 1.165) is 10.9 Å². The molecule has 0 spiro atoms. The van der Waals surface area contributed by atoms with E-state index in [4.69, 9.17) is 15.7 Å². The van der Waals surface area contributed by atoms with Crippen LogP contribution in [0.5, 0.6) is 5.75 Å². The van der Waals surface area contributed by atoms with Crippen LogP contribution in [0.1, 0.15) is 5.56 Å². The maximum absolute atomic E-state index is 10.6. The Morgan fingerprint density at radius 2 is 2.00 bits per heavy atom. The molecule has 0 amide bonds. The van der Waals surface area contributed by atoms with Crippen molar-refractivity contribution >= 4 is 27.8 Å². The molecule has 0 aliphatic heterocycles. The predicted molar refractivity (Wildman–Crippen MR) is 65.8 cm³/mol. The molecule has 0 heterocycles. The molecule has 1 unspecified atom stereocenters. The highest BCUT2D eigenvalue weighted by molar-refractivity contribution is 7.74. The smallest absolute Gasteiger partial charge is 0.169 e. The highest BCUT2D eigenvalue weighted by atomic mass is 32.2. The van der Waals surface area contributed by atoms with Gasteiger partial charge in [0.1, 0.15) is 11.4 Å². The van der Waals surface area contributed by atoms with Crippen molar-refractivity contribution < 1.29 is 12.9 Å². The Kier molecular flexibility index (Phi) is 3.28. The summed E-state index contributed by atoms with van der Waals surface area (Å²) in [5, 5.41) is 1.47. The lowest BCUT2D eigenvalue weighted by molar-refractivity contribution is 0.443. The van der Waals surface area contributed by atoms with Crippen LogP contribution in [0, 0.1) is 0 Å². The van der Waals surface area contributed by atoms with E-state index in [1.54, 1.807) is 24.3 Å². The van der Waals surface area contributed by atoms with Crippen LogP contribution in [-0.2, 0) is 17.9 Å². The van der Waals surface area contributed by atoms with Gasteiger partial charge in [0, 0.05) is 11.9 Å². The molecule has 2 rings (SSSR count). The first-order valence-electron chi connectivity index (χ1n) is 4.91. The summed E-state index contributed by atoms with van der Waals surface area (Å²) < 4.78 is 25.9. The topological polar surface area (TPSA) is 101 Å². The number of nitrogen functional groups attached to an aromatic ring is 1. The van der Waals surface area contributed by atoms with Crippen molar-refractivity contribution in [3.8, 4) is 5.75 Å². The summed E-state index contributed by atoms with van der Waals surface area (Å²) >= 11 is -2.65. The van der Waals surface area contributed by atoms with E-state index >= 15 is 0 Å². The normalized spacial score (nSPS) is 12.6. The second-order valence-electron chi connectivity index (χ2n) is 3.49. The summed E-state index contributed by atoms with van der Waals surface area (Å²) in [7, 11) is 0. The summed E-state index contributed by atoms with van der Waals surface area (Å²) in [6, 6.07) is 8.80. The van der Waals surface area contributed by atoms with Gasteiger partial charge in [0.25, 0.3) is 0 Å². The molecule has 0 aromatic heterocycles. The van der Waals surface area contributed by atoms with Crippen molar-refractivity contribution in [1.82, 2.24) is 0 Å². The average molecular weight is 251 g/mol. The van der Waals surface area contributed by atoms with Gasteiger partial charge in [-0.1, -0.05) is 24.3 Å². The second-order valence-corrected chi connectivity index (χ2v) is 4.06. The third-order valence-electron chi connectivity index (χ3n) is 2.50. The molecule has 2 aromatic carbocycles. The second kappa shape index (κ2) is 4.70. The van der Waals surface area contributed by atoms with Gasteiger partial charge in [0.05, 0.1) is 5.69 Å². The highest BCUT2D eigenvalue weighted by Gasteiger charge is 2.09. The lowest BCUT2D eigenvalue weighted by Crippen LogP contribution is -2.03. The van der Waals surface area contributed by atoms with E-state index in [2.05, 4.69) is 0 Å². The molecule has 90 valence electrons. The molecule has 5 nitrogen and oxygen atoms in total. The third kappa shape index (κ3) is 2.23. The fraction of sp³-hybridized carbons (Fsp3) is 0.0909. The molecule has 17 heavy (non-hydrogen) atoms. The third-order valence-corrected chi connectivity index (χ3v) is 2.81. The standard InChI is InChI=1S/C11H12N2O3S/c12-6-7-2-1-3-9-8(7)4-5-10(13)11(9)16-17(14)15/h1-5H,6,12-13H2,(H,14,15)/p-1. The van der Waals surface area contributed by atoms with Gasteiger partial charge in [-0.2, -0.15) is 0 Å². The molecule has 0 saturated heterocycles. The first-order valence-corrected chi connectivity index (χ1v) is 5.91. The Morgan fingerprint density at radius 1 is 1.24 bits per heavy atom. The number of hydrogen-bond acceptors (Lipinski definition) is 5. The van der Waals surface area contributed by atoms with Crippen LogP contribution in [0.15, 0.2) is 30.3 Å². The zero-order valence-corrected chi connectivity index (χ0v) is 9.70. The molecular weight excluding hydrogens is 240 g/mol. The Hall–Kier alpha value is -1.63. The monoisotopic (exact) mass is 251 g/mol. The fourth-order valence-corrected chi connectivity index (χ4v) is 2.07. The maximum Gasteiger partial charge on any atom is 0.169 e. The van der Waals surface area contributed by atoms with Crippen LogP contribution in [0.4, 0.5) is 5.69 Å². The molecule has 6 heteroatoms. The van der Waals surface area contributed by atoms with Gasteiger partial charge in [-0.05, 0) is 17.0 Å². The number of benzene rings is 2. The summed E-state index contributed by atoms with van der Waals surface area (Å²) in [5.74, 6) is 0.145. The zero-order chi connectivity index (χ0) is 12.4. The lowest BCUT2D eigenvalue weighted by atomic mass is 10.0. The summed E-state index contributed by atoms with van der Waals surface area (Å²) in [6.45, 7) is 0.362. The first kappa shape index (κ1) is 11.8. The number of fused-ring (bicyclic) bond motifs is 1. The molecule has 4 N–H and O–H groups in total. The molecule has 2 aromatic rings. The van der Waals surface area contributed by atoms with E-state index < -0.39 is 11.4 Å². The Labute approximate surface area is 101 Å². The zero-order valence-electron chi connectivity index (χ0n) is 8.88. The Balaban J connectivity index is 2.72. The van der Waals surface area contributed by atoms with E-state index in [-0.39, 0.29) is 11.4 Å². The lowest BCUT2D eigenvalue weighted by Gasteiger charge is -2.13. The van der Waals surface area contributed by atoms with Gasteiger partial charge < -0.3 is 20.2 Å². The van der Waals surface area contributed by atoms with E-state index in [1.165, 1.54) is 0 Å². The van der Waals surface area contributed by atoms with Gasteiger partial charge >= 0.3 is 0 Å². The molecule has 0 aliphatic carbocycles. The van der Waals surface area contributed by atoms with Gasteiger partial charge in [-0.15, -0.1) is 0 Å². The fourth-order valence-electron chi connectivity index (χ4n) is 1.75. The van der Waals surface area contributed by atoms with Gasteiger partial charge in [-0.3, -0.25) is 0 Å². The minimum absolute atomic E-state index is 0.145. The van der Waals surface area contributed by atoms with Crippen molar-refractivity contribution in [2.24, 2.45) is 5.73 Å². The minimum atomic E-state index is -2.65. The maximum atomic E-state index is 10.6. The first-order chi connectivity index (χ1) is 8.13. The summed E-state index contributed by atoms with van der Waals surface area (Å²) in [4.78, 5) is 0. The average Bonchev–Trinajstić information content (AvgIpc) is 2.31. The minimum Gasteiger partial charge on any atom is -0.740 e. The van der Waals surface area contributed by atoms with Crippen molar-refractivity contribution in [1.29, 1.82) is 0 Å². The molecule has 1 atom stereocenters. The van der Waals surface area contributed by atoms with Crippen molar-refractivity contribution in [2.45, 2.75) is 6.54 Å². The van der Waals surface area contributed by atoms with Crippen molar-refractivity contribution in [3.05, 3.63) is 35.9 Å². The van der Waals surface area contributed by atoms with E-state index in [1.807, 2.05) is 6.07 Å². The molecule has 0 saturated carbocycles. The largest absolute Gasteiger partial charge is 0.740 e. The number of rotatable bonds is 3. The molecular formula is C11H11N2O3S-. The molecule has 0 bridgehead atoms. The quantitative estimate of drug-likeness (QED) is 0.627. The Bertz CT molecular complexity index is 586. The van der Waals surface area contributed by atoms with Crippen molar-refractivity contribution in [2.75, 3.05) is 5.73 Å². The van der Waals surface area contributed by atoms with Crippen LogP contribution in [0.25, 0.3) is 10.8 Å². The van der Waals surface area contributed by atoms with Crippen LogP contribution in [0.3, 0.4) is 0 Å². The van der Waals surface area contributed by atoms with E-state index in [0.29, 0.717) is 11.9 Å². The Morgan fingerprint density at radius 3 is 2.65 bits per heavy atom. The van der Waals surface area contributed by atoms with Crippen LogP contribution < -0.4 is 15.7 Å². The number of anilines is 1. The van der Waals surface area contributed by atoms with Gasteiger partial charge in [-0.25, -0.2) is 4.21 Å². The van der Waals surface area contributed by atoms with Crippen LogP contribution >= 0.6 is 0 Å². The van der Waals surface area contributed by atoms with Gasteiger partial charge in [0.15, 0.2) is 5.75 Å². The van der Waals surface area contributed by atoms with Crippen molar-refractivity contribution in [3.63, 3.8) is 0 Å². The molecule has 0 fully saturated rings. The van der Waals surface area contributed by atoms with E-state index in [9.17, 15) is 8.76 Å². The van der Waals surface area contributed by atoms with Gasteiger partial charge in [0.2, 0.25) is 0 Å². The predicted octanol–water partition coefficient (Wildman–Crippen LogP) is 1.05. The molecule has 0 radical (unpaired) electrons. The van der Waals surface area contributed by atoms with Crippen LogP contribution in [0.2, 0.25) is 0 Å². The SMILES string of the molecule is NCc1cccc2c(OS(=O)[O-])c(N)ccc12. The number of nitrogens with two attached hydrogens (primary N) is 2. The molecule has 0 aliphatic rings. The summed E-state index contributed by atoms with van der Waals surface area (Å²) in [5.41, 5.74) is 12.5. The number of hydrogen-bond donors (Lipinski definition) is 2. The summed E-state index contributed by atoms with van der Waals surface area (Å²) in [6.07, 6.45) is 0.